The molecule has 1 N–H and O–H groups in total. The summed E-state index contributed by atoms with van der Waals surface area (Å²) < 4.78 is 1.90. The van der Waals surface area contributed by atoms with Crippen molar-refractivity contribution in [2.75, 3.05) is 13.1 Å². The number of aliphatic hydroxyl groups is 1. The first-order valence-electron chi connectivity index (χ1n) is 6.79. The molecule has 0 amide bonds. The maximum Gasteiger partial charge on any atom is 0.0722 e. The fourth-order valence-electron chi connectivity index (χ4n) is 2.70. The van der Waals surface area contributed by atoms with Gasteiger partial charge in [-0.15, -0.1) is 0 Å². The summed E-state index contributed by atoms with van der Waals surface area (Å²) >= 11 is 0. The van der Waals surface area contributed by atoms with Crippen molar-refractivity contribution in [3.8, 4) is 0 Å². The standard InChI is InChI=1S/C14H25N3O/c1-14(2,3)13-11(8-16(4)15-13)9-17-7-5-6-12(18)10-17/h8,12,18H,5-7,9-10H2,1-4H3. The third-order valence-electron chi connectivity index (χ3n) is 3.49. The van der Waals surface area contributed by atoms with Gasteiger partial charge in [0, 0.05) is 37.3 Å². The maximum absolute atomic E-state index is 9.73. The van der Waals surface area contributed by atoms with Gasteiger partial charge in [0.05, 0.1) is 11.8 Å². The third kappa shape index (κ3) is 3.12. The molecule has 18 heavy (non-hydrogen) atoms. The zero-order valence-electron chi connectivity index (χ0n) is 12.0. The van der Waals surface area contributed by atoms with E-state index in [0.29, 0.717) is 0 Å². The number of aliphatic hydroxyl groups excluding tert-OH is 1. The lowest BCUT2D eigenvalue weighted by Gasteiger charge is -2.30. The molecule has 1 aliphatic heterocycles. The van der Waals surface area contributed by atoms with Crippen LogP contribution in [-0.4, -0.2) is 39.0 Å². The van der Waals surface area contributed by atoms with Crippen LogP contribution in [0.25, 0.3) is 0 Å². The van der Waals surface area contributed by atoms with E-state index in [4.69, 9.17) is 0 Å². The smallest absolute Gasteiger partial charge is 0.0722 e. The molecule has 1 aromatic heterocycles. The highest BCUT2D eigenvalue weighted by Gasteiger charge is 2.24. The molecule has 1 unspecified atom stereocenters. The summed E-state index contributed by atoms with van der Waals surface area (Å²) in [4.78, 5) is 2.33. The molecule has 1 atom stereocenters. The van der Waals surface area contributed by atoms with Gasteiger partial charge in [-0.3, -0.25) is 9.58 Å². The van der Waals surface area contributed by atoms with Crippen LogP contribution in [-0.2, 0) is 19.0 Å². The largest absolute Gasteiger partial charge is 0.392 e. The van der Waals surface area contributed by atoms with Gasteiger partial charge in [0.1, 0.15) is 0 Å². The summed E-state index contributed by atoms with van der Waals surface area (Å²) in [5.41, 5.74) is 2.54. The van der Waals surface area contributed by atoms with Crippen LogP contribution in [0.1, 0.15) is 44.9 Å². The zero-order valence-corrected chi connectivity index (χ0v) is 12.0. The predicted molar refractivity (Wildman–Crippen MR) is 72.4 cm³/mol. The highest BCUT2D eigenvalue weighted by Crippen LogP contribution is 2.25. The van der Waals surface area contributed by atoms with Crippen molar-refractivity contribution in [1.82, 2.24) is 14.7 Å². The molecule has 1 aromatic rings. The zero-order chi connectivity index (χ0) is 13.3. The number of rotatable bonds is 2. The van der Waals surface area contributed by atoms with Gasteiger partial charge in [-0.25, -0.2) is 0 Å². The summed E-state index contributed by atoms with van der Waals surface area (Å²) in [6, 6.07) is 0. The number of nitrogens with zero attached hydrogens (tertiary/aromatic N) is 3. The summed E-state index contributed by atoms with van der Waals surface area (Å²) in [6.07, 6.45) is 3.98. The highest BCUT2D eigenvalue weighted by molar-refractivity contribution is 5.24. The first-order chi connectivity index (χ1) is 8.36. The van der Waals surface area contributed by atoms with E-state index in [1.165, 1.54) is 11.3 Å². The Morgan fingerprint density at radius 1 is 1.44 bits per heavy atom. The Hall–Kier alpha value is -0.870. The van der Waals surface area contributed by atoms with Gasteiger partial charge in [0.2, 0.25) is 0 Å². The lowest BCUT2D eigenvalue weighted by molar-refractivity contribution is 0.0666. The Balaban J connectivity index is 2.13. The molecule has 2 rings (SSSR count). The van der Waals surface area contributed by atoms with Gasteiger partial charge in [-0.1, -0.05) is 20.8 Å². The molecule has 4 heteroatoms. The van der Waals surface area contributed by atoms with Crippen molar-refractivity contribution in [2.24, 2.45) is 7.05 Å². The fourth-order valence-corrected chi connectivity index (χ4v) is 2.70. The van der Waals surface area contributed by atoms with Crippen LogP contribution in [0, 0.1) is 0 Å². The maximum atomic E-state index is 9.73. The monoisotopic (exact) mass is 251 g/mol. The summed E-state index contributed by atoms with van der Waals surface area (Å²) in [5.74, 6) is 0. The summed E-state index contributed by atoms with van der Waals surface area (Å²) in [5, 5.41) is 14.3. The number of piperidine rings is 1. The molecule has 4 nitrogen and oxygen atoms in total. The second-order valence-corrected chi connectivity index (χ2v) is 6.46. The fraction of sp³-hybridized carbons (Fsp3) is 0.786. The highest BCUT2D eigenvalue weighted by atomic mass is 16.3. The van der Waals surface area contributed by atoms with E-state index >= 15 is 0 Å². The van der Waals surface area contributed by atoms with Crippen molar-refractivity contribution in [3.63, 3.8) is 0 Å². The Morgan fingerprint density at radius 3 is 2.78 bits per heavy atom. The van der Waals surface area contributed by atoms with Gasteiger partial charge < -0.3 is 5.11 Å². The minimum Gasteiger partial charge on any atom is -0.392 e. The van der Waals surface area contributed by atoms with Gasteiger partial charge >= 0.3 is 0 Å². The molecule has 0 aromatic carbocycles. The van der Waals surface area contributed by atoms with Gasteiger partial charge in [-0.05, 0) is 19.4 Å². The number of β-amino-alcohol motifs (C(OH)–C–C–N with tert-alkyl or cyclic N) is 1. The van der Waals surface area contributed by atoms with E-state index in [1.54, 1.807) is 0 Å². The molecule has 1 aliphatic rings. The molecule has 0 spiro atoms. The van der Waals surface area contributed by atoms with E-state index in [9.17, 15) is 5.11 Å². The molecule has 0 bridgehead atoms. The molecular weight excluding hydrogens is 226 g/mol. The first-order valence-corrected chi connectivity index (χ1v) is 6.79. The second-order valence-electron chi connectivity index (χ2n) is 6.46. The van der Waals surface area contributed by atoms with Crippen molar-refractivity contribution in [1.29, 1.82) is 0 Å². The minimum absolute atomic E-state index is 0.0744. The van der Waals surface area contributed by atoms with Crippen LogP contribution in [0.15, 0.2) is 6.20 Å². The number of hydrogen-bond acceptors (Lipinski definition) is 3. The lowest BCUT2D eigenvalue weighted by atomic mass is 9.89. The Morgan fingerprint density at radius 2 is 2.17 bits per heavy atom. The molecule has 0 aliphatic carbocycles. The number of likely N-dealkylation sites (tertiary alicyclic amines) is 1. The molecule has 102 valence electrons. The normalized spacial score (nSPS) is 22.4. The number of aryl methyl sites for hydroxylation is 1. The van der Waals surface area contributed by atoms with Crippen LogP contribution in [0.5, 0.6) is 0 Å². The van der Waals surface area contributed by atoms with Crippen LogP contribution in [0.4, 0.5) is 0 Å². The van der Waals surface area contributed by atoms with E-state index in [2.05, 4.69) is 37.0 Å². The molecule has 0 saturated carbocycles. The SMILES string of the molecule is Cn1cc(CN2CCCC(O)C2)c(C(C)(C)C)n1. The van der Waals surface area contributed by atoms with E-state index in [-0.39, 0.29) is 11.5 Å². The number of aromatic nitrogens is 2. The quantitative estimate of drug-likeness (QED) is 0.869. The van der Waals surface area contributed by atoms with E-state index < -0.39 is 0 Å². The molecule has 1 saturated heterocycles. The van der Waals surface area contributed by atoms with Crippen LogP contribution in [0.3, 0.4) is 0 Å². The van der Waals surface area contributed by atoms with Crippen molar-refractivity contribution < 1.29 is 5.11 Å². The van der Waals surface area contributed by atoms with Gasteiger partial charge in [0.25, 0.3) is 0 Å². The first kappa shape index (κ1) is 13.6. The average molecular weight is 251 g/mol. The third-order valence-corrected chi connectivity index (χ3v) is 3.49. The van der Waals surface area contributed by atoms with Crippen molar-refractivity contribution >= 4 is 0 Å². The summed E-state index contributed by atoms with van der Waals surface area (Å²) in [6.45, 7) is 9.36. The molecule has 1 fully saturated rings. The van der Waals surface area contributed by atoms with Gasteiger partial charge in [-0.2, -0.15) is 5.10 Å². The second kappa shape index (κ2) is 5.02. The Labute approximate surface area is 110 Å². The van der Waals surface area contributed by atoms with E-state index in [0.717, 1.165) is 32.5 Å². The van der Waals surface area contributed by atoms with Crippen LogP contribution in [0.2, 0.25) is 0 Å². The molecule has 0 radical (unpaired) electrons. The topological polar surface area (TPSA) is 41.3 Å². The Kier molecular flexibility index (Phi) is 3.78. The number of hydrogen-bond donors (Lipinski definition) is 1. The van der Waals surface area contributed by atoms with Crippen LogP contribution < -0.4 is 0 Å². The molecule has 2 heterocycles. The predicted octanol–water partition coefficient (Wildman–Crippen LogP) is 1.67. The van der Waals surface area contributed by atoms with Crippen LogP contribution >= 0.6 is 0 Å². The lowest BCUT2D eigenvalue weighted by Crippen LogP contribution is -2.38. The Bertz CT molecular complexity index is 406. The van der Waals surface area contributed by atoms with E-state index in [1.807, 2.05) is 11.7 Å². The van der Waals surface area contributed by atoms with Crippen molar-refractivity contribution in [3.05, 3.63) is 17.5 Å². The average Bonchev–Trinajstić information content (AvgIpc) is 2.59. The minimum atomic E-state index is -0.159. The summed E-state index contributed by atoms with van der Waals surface area (Å²) in [7, 11) is 1.98. The molecular formula is C14H25N3O. The van der Waals surface area contributed by atoms with Gasteiger partial charge in [0.15, 0.2) is 0 Å². The van der Waals surface area contributed by atoms with Crippen molar-refractivity contribution in [2.45, 2.75) is 51.7 Å².